The first-order valence-electron chi connectivity index (χ1n) is 9.92. The van der Waals surface area contributed by atoms with Crippen molar-refractivity contribution in [3.63, 3.8) is 0 Å². The molecule has 0 fully saturated rings. The minimum Gasteiger partial charge on any atom is -0.508 e. The van der Waals surface area contributed by atoms with Crippen LogP contribution >= 0.6 is 0 Å². The van der Waals surface area contributed by atoms with Gasteiger partial charge in [-0.25, -0.2) is 0 Å². The molecule has 2 N–H and O–H groups in total. The number of carbonyl (C=O) groups excluding carboxylic acids is 2. The molecule has 7 nitrogen and oxygen atoms in total. The summed E-state index contributed by atoms with van der Waals surface area (Å²) < 4.78 is 16.4. The topological polar surface area (TPSA) is 102 Å². The number of methoxy groups -OCH3 is 1. The van der Waals surface area contributed by atoms with Crippen molar-refractivity contribution in [1.29, 1.82) is 0 Å². The highest BCUT2D eigenvalue weighted by Gasteiger charge is 2.38. The van der Waals surface area contributed by atoms with E-state index in [1.807, 2.05) is 0 Å². The van der Waals surface area contributed by atoms with Crippen LogP contribution in [0.4, 0.5) is 0 Å². The third-order valence-corrected chi connectivity index (χ3v) is 5.55. The van der Waals surface area contributed by atoms with Gasteiger partial charge in [0.15, 0.2) is 17.3 Å². The zero-order chi connectivity index (χ0) is 22.4. The molecule has 2 heterocycles. The van der Waals surface area contributed by atoms with E-state index in [1.54, 1.807) is 48.5 Å². The highest BCUT2D eigenvalue weighted by Crippen LogP contribution is 2.49. The number of esters is 1. The van der Waals surface area contributed by atoms with Crippen LogP contribution in [0.25, 0.3) is 6.08 Å². The van der Waals surface area contributed by atoms with E-state index in [0.29, 0.717) is 39.5 Å². The fraction of sp³-hybridized carbons (Fsp3) is 0.120. The molecule has 5 rings (SSSR count). The van der Waals surface area contributed by atoms with Crippen LogP contribution in [0.15, 0.2) is 60.4 Å². The average Bonchev–Trinajstić information content (AvgIpc) is 3.08. The lowest BCUT2D eigenvalue weighted by atomic mass is 9.84. The fourth-order valence-electron chi connectivity index (χ4n) is 4.08. The van der Waals surface area contributed by atoms with Crippen LogP contribution in [0.3, 0.4) is 0 Å². The molecule has 0 spiro atoms. The number of hydrogen-bond acceptors (Lipinski definition) is 7. The van der Waals surface area contributed by atoms with E-state index in [9.17, 15) is 19.8 Å². The number of ketones is 1. The second-order valence-corrected chi connectivity index (χ2v) is 7.55. The standard InChI is InChI=1S/C25H18O7/c1-30-19-7-5-13(9-18(19)27)10-21-24(29)16-6-8-20-23(25(16)32-21)17(12-22(28)31-20)14-3-2-4-15(26)11-14/h2-11,17,26-27H,12H2,1H3/b21-10-/t17-/m1/s1. The maximum Gasteiger partial charge on any atom is 0.312 e. The van der Waals surface area contributed by atoms with Crippen molar-refractivity contribution in [1.82, 2.24) is 0 Å². The van der Waals surface area contributed by atoms with Crippen LogP contribution in [0.2, 0.25) is 0 Å². The van der Waals surface area contributed by atoms with Crippen molar-refractivity contribution in [3.8, 4) is 28.7 Å². The summed E-state index contributed by atoms with van der Waals surface area (Å²) in [5, 5.41) is 19.9. The third-order valence-electron chi connectivity index (χ3n) is 5.55. The lowest BCUT2D eigenvalue weighted by Crippen LogP contribution is -2.21. The largest absolute Gasteiger partial charge is 0.508 e. The van der Waals surface area contributed by atoms with Crippen LogP contribution < -0.4 is 14.2 Å². The Labute approximate surface area is 183 Å². The third kappa shape index (κ3) is 3.24. The number of fused-ring (bicyclic) bond motifs is 3. The quantitative estimate of drug-likeness (QED) is 0.365. The molecule has 3 aromatic carbocycles. The van der Waals surface area contributed by atoms with Gasteiger partial charge in [0.2, 0.25) is 5.78 Å². The van der Waals surface area contributed by atoms with E-state index in [1.165, 1.54) is 19.3 Å². The number of phenolic OH excluding ortho intramolecular Hbond substituents is 2. The second-order valence-electron chi connectivity index (χ2n) is 7.55. The zero-order valence-electron chi connectivity index (χ0n) is 17.0. The highest BCUT2D eigenvalue weighted by atomic mass is 16.5. The van der Waals surface area contributed by atoms with Crippen LogP contribution in [0.1, 0.15) is 39.4 Å². The molecule has 0 saturated heterocycles. The van der Waals surface area contributed by atoms with Crippen molar-refractivity contribution in [2.45, 2.75) is 12.3 Å². The van der Waals surface area contributed by atoms with E-state index < -0.39 is 11.9 Å². The molecule has 7 heteroatoms. The van der Waals surface area contributed by atoms with Crippen molar-refractivity contribution >= 4 is 17.8 Å². The summed E-state index contributed by atoms with van der Waals surface area (Å²) in [6.07, 6.45) is 1.59. The predicted molar refractivity (Wildman–Crippen MR) is 114 cm³/mol. The average molecular weight is 430 g/mol. The van der Waals surface area contributed by atoms with Crippen LogP contribution in [0.5, 0.6) is 28.7 Å². The summed E-state index contributed by atoms with van der Waals surface area (Å²) in [5.41, 5.74) is 2.21. The molecule has 2 aliphatic rings. The maximum atomic E-state index is 13.0. The number of carbonyl (C=O) groups is 2. The Morgan fingerprint density at radius 2 is 1.88 bits per heavy atom. The van der Waals surface area contributed by atoms with Crippen LogP contribution in [-0.2, 0) is 4.79 Å². The van der Waals surface area contributed by atoms with Gasteiger partial charge in [-0.3, -0.25) is 9.59 Å². The lowest BCUT2D eigenvalue weighted by molar-refractivity contribution is -0.135. The molecule has 160 valence electrons. The number of allylic oxidation sites excluding steroid dienone is 1. The molecule has 0 aromatic heterocycles. The Kier molecular flexibility index (Phi) is 4.59. The number of aromatic hydroxyl groups is 2. The Hall–Kier alpha value is -4.26. The van der Waals surface area contributed by atoms with Gasteiger partial charge in [0, 0.05) is 11.5 Å². The monoisotopic (exact) mass is 430 g/mol. The predicted octanol–water partition coefficient (Wildman–Crippen LogP) is 4.16. The van der Waals surface area contributed by atoms with E-state index in [4.69, 9.17) is 14.2 Å². The van der Waals surface area contributed by atoms with Gasteiger partial charge in [-0.1, -0.05) is 18.2 Å². The molecular weight excluding hydrogens is 412 g/mol. The number of hydrogen-bond donors (Lipinski definition) is 2. The van der Waals surface area contributed by atoms with Crippen LogP contribution in [-0.4, -0.2) is 29.1 Å². The number of ether oxygens (including phenoxy) is 3. The minimum atomic E-state index is -0.439. The molecular formula is C25H18O7. The van der Waals surface area contributed by atoms with Crippen molar-refractivity contribution in [2.24, 2.45) is 0 Å². The first-order chi connectivity index (χ1) is 15.4. The molecule has 1 atom stereocenters. The Bertz CT molecular complexity index is 1310. The first-order valence-corrected chi connectivity index (χ1v) is 9.92. The summed E-state index contributed by atoms with van der Waals surface area (Å²) in [6.45, 7) is 0. The molecule has 3 aromatic rings. The second kappa shape index (κ2) is 7.46. The molecule has 2 aliphatic heterocycles. The molecule has 32 heavy (non-hydrogen) atoms. The Balaban J connectivity index is 1.59. The van der Waals surface area contributed by atoms with Gasteiger partial charge in [-0.05, 0) is 53.6 Å². The van der Waals surface area contributed by atoms with E-state index >= 15 is 0 Å². The summed E-state index contributed by atoms with van der Waals surface area (Å²) >= 11 is 0. The SMILES string of the molecule is COc1ccc(/C=C2\Oc3c(ccc4c3[C@@H](c3cccc(O)c3)CC(=O)O4)C2=O)cc1O. The Morgan fingerprint density at radius 1 is 1.03 bits per heavy atom. The maximum absolute atomic E-state index is 13.0. The summed E-state index contributed by atoms with van der Waals surface area (Å²) in [4.78, 5) is 25.2. The van der Waals surface area contributed by atoms with Gasteiger partial charge in [0.25, 0.3) is 0 Å². The highest BCUT2D eigenvalue weighted by molar-refractivity contribution is 6.15. The van der Waals surface area contributed by atoms with Gasteiger partial charge in [-0.2, -0.15) is 0 Å². The van der Waals surface area contributed by atoms with Crippen molar-refractivity contribution in [3.05, 3.63) is 82.6 Å². The number of Topliss-reactive ketones (excluding diaryl/α,β-unsaturated/α-hetero) is 1. The van der Waals surface area contributed by atoms with Crippen molar-refractivity contribution in [2.75, 3.05) is 7.11 Å². The van der Waals surface area contributed by atoms with E-state index in [2.05, 4.69) is 0 Å². The lowest BCUT2D eigenvalue weighted by Gasteiger charge is -2.26. The molecule has 0 bridgehead atoms. The minimum absolute atomic E-state index is 0.0514. The first kappa shape index (κ1) is 19.7. The van der Waals surface area contributed by atoms with Gasteiger partial charge < -0.3 is 24.4 Å². The van der Waals surface area contributed by atoms with E-state index in [0.717, 1.165) is 0 Å². The van der Waals surface area contributed by atoms with Gasteiger partial charge >= 0.3 is 5.97 Å². The van der Waals surface area contributed by atoms with Gasteiger partial charge in [0.05, 0.1) is 19.1 Å². The molecule has 0 saturated carbocycles. The molecule has 0 aliphatic carbocycles. The normalized spacial score (nSPS) is 18.0. The summed E-state index contributed by atoms with van der Waals surface area (Å²) in [5.74, 6) is -0.0782. The zero-order valence-corrected chi connectivity index (χ0v) is 17.0. The van der Waals surface area contributed by atoms with Gasteiger partial charge in [0.1, 0.15) is 17.2 Å². The van der Waals surface area contributed by atoms with E-state index in [-0.39, 0.29) is 29.5 Å². The number of phenols is 2. The molecule has 0 amide bonds. The molecule has 0 radical (unpaired) electrons. The summed E-state index contributed by atoms with van der Waals surface area (Å²) in [7, 11) is 1.45. The Morgan fingerprint density at radius 3 is 2.62 bits per heavy atom. The number of benzene rings is 3. The van der Waals surface area contributed by atoms with Crippen molar-refractivity contribution < 1.29 is 34.0 Å². The van der Waals surface area contributed by atoms with Gasteiger partial charge in [-0.15, -0.1) is 0 Å². The molecule has 0 unspecified atom stereocenters. The number of rotatable bonds is 3. The van der Waals surface area contributed by atoms with Crippen LogP contribution in [0, 0.1) is 0 Å². The summed E-state index contributed by atoms with van der Waals surface area (Å²) in [6, 6.07) is 14.5. The fourth-order valence-corrected chi connectivity index (χ4v) is 4.08. The smallest absolute Gasteiger partial charge is 0.312 e.